The molecule has 1 aliphatic rings. The first kappa shape index (κ1) is 17.2. The van der Waals surface area contributed by atoms with Crippen molar-refractivity contribution in [3.63, 3.8) is 0 Å². The molecule has 0 amide bonds. The fraction of sp³-hybridized carbons (Fsp3) is 0.368. The fourth-order valence-electron chi connectivity index (χ4n) is 3.17. The first-order valence-corrected chi connectivity index (χ1v) is 8.91. The Morgan fingerprint density at radius 2 is 2.15 bits per heavy atom. The lowest BCUT2D eigenvalue weighted by Crippen LogP contribution is -2.18. The highest BCUT2D eigenvalue weighted by Gasteiger charge is 2.21. The first-order chi connectivity index (χ1) is 13.3. The summed E-state index contributed by atoms with van der Waals surface area (Å²) in [5, 5.41) is 12.6. The molecule has 0 aliphatic carbocycles. The van der Waals surface area contributed by atoms with Crippen LogP contribution in [-0.2, 0) is 11.3 Å². The van der Waals surface area contributed by atoms with Crippen molar-refractivity contribution in [2.24, 2.45) is 0 Å². The highest BCUT2D eigenvalue weighted by molar-refractivity contribution is 5.83. The van der Waals surface area contributed by atoms with Gasteiger partial charge in [-0.2, -0.15) is 15.2 Å². The molecule has 27 heavy (non-hydrogen) atoms. The predicted octanol–water partition coefficient (Wildman–Crippen LogP) is 3.02. The van der Waals surface area contributed by atoms with E-state index in [1.165, 1.54) is 0 Å². The van der Waals surface area contributed by atoms with Crippen molar-refractivity contribution >= 4 is 17.0 Å². The summed E-state index contributed by atoms with van der Waals surface area (Å²) in [6, 6.07) is 9.79. The third-order valence-corrected chi connectivity index (χ3v) is 4.61. The van der Waals surface area contributed by atoms with Crippen molar-refractivity contribution in [3.8, 4) is 11.8 Å². The van der Waals surface area contributed by atoms with Crippen LogP contribution in [0.3, 0.4) is 0 Å². The van der Waals surface area contributed by atoms with Crippen LogP contribution in [0.15, 0.2) is 30.6 Å². The second kappa shape index (κ2) is 7.60. The van der Waals surface area contributed by atoms with Crippen molar-refractivity contribution in [1.29, 1.82) is 5.26 Å². The lowest BCUT2D eigenvalue weighted by Gasteiger charge is -2.23. The molecular weight excluding hydrogens is 344 g/mol. The normalized spacial score (nSPS) is 16.8. The number of hydrogen-bond acceptors (Lipinski definition) is 7. The van der Waals surface area contributed by atoms with Gasteiger partial charge in [-0.15, -0.1) is 0 Å². The Morgan fingerprint density at radius 1 is 1.30 bits per heavy atom. The molecule has 1 N–H and O–H groups in total. The number of nitrogens with one attached hydrogen (secondary N) is 1. The quantitative estimate of drug-likeness (QED) is 0.743. The Hall–Kier alpha value is -3.18. The molecule has 1 aromatic carbocycles. The van der Waals surface area contributed by atoms with Gasteiger partial charge in [-0.25, -0.2) is 4.98 Å². The number of benzene rings is 1. The molecule has 4 rings (SSSR count). The van der Waals surface area contributed by atoms with Gasteiger partial charge in [0, 0.05) is 13.2 Å². The number of fused-ring (bicyclic) bond motifs is 1. The molecule has 1 fully saturated rings. The molecule has 8 nitrogen and oxygen atoms in total. The van der Waals surface area contributed by atoms with Crippen LogP contribution in [0.2, 0.25) is 0 Å². The second-order valence-corrected chi connectivity index (χ2v) is 6.35. The maximum absolute atomic E-state index is 9.33. The maximum atomic E-state index is 9.33. The van der Waals surface area contributed by atoms with E-state index in [9.17, 15) is 5.26 Å². The molecule has 0 saturated carbocycles. The molecule has 1 saturated heterocycles. The summed E-state index contributed by atoms with van der Waals surface area (Å²) in [6.45, 7) is 1.27. The topological polar surface area (TPSA) is 97.9 Å². The number of anilines is 1. The van der Waals surface area contributed by atoms with Gasteiger partial charge in [0.1, 0.15) is 18.0 Å². The number of ether oxygens (including phenoxy) is 2. The van der Waals surface area contributed by atoms with E-state index < -0.39 is 0 Å². The van der Waals surface area contributed by atoms with E-state index >= 15 is 0 Å². The fourth-order valence-corrected chi connectivity index (χ4v) is 3.17. The molecule has 2 aromatic heterocycles. The van der Waals surface area contributed by atoms with Gasteiger partial charge in [0.25, 0.3) is 0 Å². The lowest BCUT2D eigenvalue weighted by molar-refractivity contribution is -0.0298. The number of methoxy groups -OCH3 is 1. The Bertz CT molecular complexity index is 970. The van der Waals surface area contributed by atoms with Gasteiger partial charge in [-0.05, 0) is 37.0 Å². The van der Waals surface area contributed by atoms with Gasteiger partial charge in [-0.1, -0.05) is 12.1 Å². The summed E-state index contributed by atoms with van der Waals surface area (Å²) in [6.07, 6.45) is 4.69. The SMILES string of the molecule is COc1ccc(CNc2nc(C#N)nc3c2ncn3C2CCCCO2)cc1. The zero-order valence-electron chi connectivity index (χ0n) is 15.1. The summed E-state index contributed by atoms with van der Waals surface area (Å²) >= 11 is 0. The van der Waals surface area contributed by atoms with E-state index in [4.69, 9.17) is 9.47 Å². The van der Waals surface area contributed by atoms with Crippen molar-refractivity contribution in [2.45, 2.75) is 32.0 Å². The Kier molecular flexibility index (Phi) is 4.85. The van der Waals surface area contributed by atoms with Gasteiger partial charge in [-0.3, -0.25) is 4.57 Å². The van der Waals surface area contributed by atoms with Crippen molar-refractivity contribution in [2.75, 3.05) is 19.0 Å². The van der Waals surface area contributed by atoms with Crippen LogP contribution in [0.1, 0.15) is 36.9 Å². The first-order valence-electron chi connectivity index (χ1n) is 8.91. The summed E-state index contributed by atoms with van der Waals surface area (Å²) in [5.41, 5.74) is 2.32. The smallest absolute Gasteiger partial charge is 0.236 e. The molecule has 1 atom stereocenters. The summed E-state index contributed by atoms with van der Waals surface area (Å²) in [7, 11) is 1.64. The molecule has 1 aliphatic heterocycles. The molecule has 8 heteroatoms. The standard InChI is InChI=1S/C19H20N6O2/c1-26-14-7-5-13(6-8-14)11-21-18-17-19(24-15(10-20)23-18)25(12-22-17)16-4-2-3-9-27-16/h5-8,12,16H,2-4,9,11H2,1H3,(H,21,23,24). The van der Waals surface area contributed by atoms with Gasteiger partial charge in [0.05, 0.1) is 13.4 Å². The zero-order chi connectivity index (χ0) is 18.6. The third-order valence-electron chi connectivity index (χ3n) is 4.61. The van der Waals surface area contributed by atoms with E-state index in [0.717, 1.165) is 37.2 Å². The zero-order valence-corrected chi connectivity index (χ0v) is 15.1. The molecule has 1 unspecified atom stereocenters. The number of nitriles is 1. The van der Waals surface area contributed by atoms with Crippen LogP contribution in [0.25, 0.3) is 11.2 Å². The average molecular weight is 364 g/mol. The van der Waals surface area contributed by atoms with Crippen LogP contribution >= 0.6 is 0 Å². The summed E-state index contributed by atoms with van der Waals surface area (Å²) < 4.78 is 12.9. The Morgan fingerprint density at radius 3 is 2.85 bits per heavy atom. The van der Waals surface area contributed by atoms with Crippen molar-refractivity contribution in [1.82, 2.24) is 19.5 Å². The molecule has 0 spiro atoms. The molecule has 3 heterocycles. The second-order valence-electron chi connectivity index (χ2n) is 6.35. The number of nitrogens with zero attached hydrogens (tertiary/aromatic N) is 5. The van der Waals surface area contributed by atoms with Crippen molar-refractivity contribution < 1.29 is 9.47 Å². The predicted molar refractivity (Wildman–Crippen MR) is 99.2 cm³/mol. The minimum atomic E-state index is -0.0976. The lowest BCUT2D eigenvalue weighted by atomic mass is 10.2. The summed E-state index contributed by atoms with van der Waals surface area (Å²) in [5.74, 6) is 1.46. The van der Waals surface area contributed by atoms with E-state index in [1.54, 1.807) is 13.4 Å². The van der Waals surface area contributed by atoms with Crippen LogP contribution in [0, 0.1) is 11.3 Å². The average Bonchev–Trinajstić information content (AvgIpc) is 3.17. The monoisotopic (exact) mass is 364 g/mol. The molecule has 0 bridgehead atoms. The van der Waals surface area contributed by atoms with Crippen LogP contribution in [0.5, 0.6) is 5.75 Å². The van der Waals surface area contributed by atoms with Crippen molar-refractivity contribution in [3.05, 3.63) is 42.0 Å². The van der Waals surface area contributed by atoms with Gasteiger partial charge in [0.15, 0.2) is 17.0 Å². The van der Waals surface area contributed by atoms with Crippen LogP contribution < -0.4 is 10.1 Å². The van der Waals surface area contributed by atoms with Gasteiger partial charge in [0.2, 0.25) is 5.82 Å². The molecule has 138 valence electrons. The molecular formula is C19H20N6O2. The highest BCUT2D eigenvalue weighted by atomic mass is 16.5. The number of hydrogen-bond donors (Lipinski definition) is 1. The number of imidazole rings is 1. The van der Waals surface area contributed by atoms with E-state index in [2.05, 4.69) is 20.3 Å². The minimum Gasteiger partial charge on any atom is -0.497 e. The van der Waals surface area contributed by atoms with E-state index in [-0.39, 0.29) is 12.1 Å². The highest BCUT2D eigenvalue weighted by Crippen LogP contribution is 2.28. The van der Waals surface area contributed by atoms with E-state index in [1.807, 2.05) is 34.9 Å². The summed E-state index contributed by atoms with van der Waals surface area (Å²) in [4.78, 5) is 13.1. The number of rotatable bonds is 5. The number of aromatic nitrogens is 4. The van der Waals surface area contributed by atoms with Gasteiger partial charge < -0.3 is 14.8 Å². The minimum absolute atomic E-state index is 0.0976. The van der Waals surface area contributed by atoms with Crippen LogP contribution in [0.4, 0.5) is 5.82 Å². The molecule has 3 aromatic rings. The van der Waals surface area contributed by atoms with Crippen LogP contribution in [-0.4, -0.2) is 33.2 Å². The third kappa shape index (κ3) is 3.55. The van der Waals surface area contributed by atoms with Gasteiger partial charge >= 0.3 is 0 Å². The maximum Gasteiger partial charge on any atom is 0.236 e. The molecule has 0 radical (unpaired) electrons. The Balaban J connectivity index is 1.63. The largest absolute Gasteiger partial charge is 0.497 e. The van der Waals surface area contributed by atoms with E-state index in [0.29, 0.717) is 23.5 Å². The Labute approximate surface area is 156 Å².